The normalized spacial score (nSPS) is 25.9. The van der Waals surface area contributed by atoms with E-state index in [2.05, 4.69) is 195 Å². The van der Waals surface area contributed by atoms with Crippen molar-refractivity contribution in [1.82, 2.24) is 5.32 Å². The SMILES string of the molecule is CC1(C)c2ccccc2-c2cc3c(cc21)-c1cc(-c2ccc4c(c2)C2C=CC=C(C5NC(c6ccccc6)C(c6ccccc6)=NC5C5C=CC=CC5)C2O4)ccc1C31CCCCC1. The summed E-state index contributed by atoms with van der Waals surface area (Å²) in [6.45, 7) is 4.83. The molecule has 1 N–H and O–H groups in total. The average Bonchev–Trinajstić information content (AvgIpc) is 3.94. The van der Waals surface area contributed by atoms with Crippen molar-refractivity contribution in [2.24, 2.45) is 10.9 Å². The Hall–Kier alpha value is -6.29. The van der Waals surface area contributed by atoms with Crippen molar-refractivity contribution >= 4 is 5.71 Å². The summed E-state index contributed by atoms with van der Waals surface area (Å²) in [6, 6.07) is 50.3. The molecule has 0 bridgehead atoms. The van der Waals surface area contributed by atoms with E-state index in [1.807, 2.05) is 0 Å². The molecule has 1 spiro atoms. The molecule has 0 radical (unpaired) electrons. The molecule has 13 rings (SSSR count). The lowest BCUT2D eigenvalue weighted by molar-refractivity contribution is 0.228. The Labute approximate surface area is 378 Å². The van der Waals surface area contributed by atoms with Crippen LogP contribution in [0.2, 0.25) is 0 Å². The fourth-order valence-electron chi connectivity index (χ4n) is 13.1. The maximum absolute atomic E-state index is 7.10. The second-order valence-corrected chi connectivity index (χ2v) is 20.0. The highest BCUT2D eigenvalue weighted by atomic mass is 16.5. The van der Waals surface area contributed by atoms with Gasteiger partial charge in [0, 0.05) is 28.2 Å². The van der Waals surface area contributed by atoms with Crippen LogP contribution in [0.15, 0.2) is 187 Å². The largest absolute Gasteiger partial charge is 0.485 e. The molecule has 3 heteroatoms. The molecular weight excluding hydrogens is 777 g/mol. The molecule has 64 heavy (non-hydrogen) atoms. The lowest BCUT2D eigenvalue weighted by Crippen LogP contribution is -2.54. The molecule has 7 aliphatic rings. The van der Waals surface area contributed by atoms with Crippen molar-refractivity contribution in [2.45, 2.75) is 93.3 Å². The van der Waals surface area contributed by atoms with E-state index < -0.39 is 0 Å². The summed E-state index contributed by atoms with van der Waals surface area (Å²) < 4.78 is 7.10. The minimum absolute atomic E-state index is 0.000336. The van der Waals surface area contributed by atoms with Gasteiger partial charge in [-0.2, -0.15) is 0 Å². The highest BCUT2D eigenvalue weighted by Gasteiger charge is 2.48. The van der Waals surface area contributed by atoms with Crippen molar-refractivity contribution in [2.75, 3.05) is 0 Å². The topological polar surface area (TPSA) is 33.6 Å². The Morgan fingerprint density at radius 3 is 2.17 bits per heavy atom. The van der Waals surface area contributed by atoms with Crippen LogP contribution in [-0.4, -0.2) is 23.9 Å². The summed E-state index contributed by atoms with van der Waals surface area (Å²) >= 11 is 0. The number of hydrogen-bond donors (Lipinski definition) is 1. The van der Waals surface area contributed by atoms with E-state index in [4.69, 9.17) is 9.73 Å². The van der Waals surface area contributed by atoms with E-state index in [1.165, 1.54) is 93.3 Å². The molecule has 1 fully saturated rings. The third-order valence-corrected chi connectivity index (χ3v) is 16.3. The zero-order valence-corrected chi connectivity index (χ0v) is 36.8. The fourth-order valence-corrected chi connectivity index (χ4v) is 13.1. The van der Waals surface area contributed by atoms with Crippen LogP contribution in [0, 0.1) is 5.92 Å². The van der Waals surface area contributed by atoms with Crippen LogP contribution in [0.5, 0.6) is 5.75 Å². The molecule has 0 amide bonds. The Kier molecular flexibility index (Phi) is 8.73. The monoisotopic (exact) mass is 830 g/mol. The van der Waals surface area contributed by atoms with Crippen molar-refractivity contribution in [3.05, 3.63) is 221 Å². The van der Waals surface area contributed by atoms with Gasteiger partial charge in [-0.3, -0.25) is 10.3 Å². The highest BCUT2D eigenvalue weighted by Crippen LogP contribution is 2.60. The maximum Gasteiger partial charge on any atom is 0.132 e. The van der Waals surface area contributed by atoms with Crippen LogP contribution in [0.1, 0.15) is 103 Å². The van der Waals surface area contributed by atoms with Crippen LogP contribution in [0.3, 0.4) is 0 Å². The van der Waals surface area contributed by atoms with Crippen LogP contribution in [0.4, 0.5) is 0 Å². The lowest BCUT2D eigenvalue weighted by atomic mass is 9.67. The molecule has 3 nitrogen and oxygen atoms in total. The van der Waals surface area contributed by atoms with Gasteiger partial charge in [-0.05, 0) is 122 Å². The Morgan fingerprint density at radius 1 is 0.609 bits per heavy atom. The number of hydrogen-bond acceptors (Lipinski definition) is 3. The molecule has 0 aromatic heterocycles. The van der Waals surface area contributed by atoms with Gasteiger partial charge in [0.1, 0.15) is 11.9 Å². The van der Waals surface area contributed by atoms with Crippen molar-refractivity contribution in [1.29, 1.82) is 0 Å². The van der Waals surface area contributed by atoms with E-state index in [-0.39, 0.29) is 46.9 Å². The summed E-state index contributed by atoms with van der Waals surface area (Å²) in [4.78, 5) is 5.77. The molecular formula is C61H54N2O. The first-order chi connectivity index (χ1) is 31.5. The minimum Gasteiger partial charge on any atom is -0.485 e. The van der Waals surface area contributed by atoms with Crippen molar-refractivity contribution in [3.8, 4) is 39.1 Å². The third kappa shape index (κ3) is 5.72. The van der Waals surface area contributed by atoms with Crippen LogP contribution >= 0.6 is 0 Å². The molecule has 0 saturated heterocycles. The van der Waals surface area contributed by atoms with Gasteiger partial charge in [-0.1, -0.05) is 179 Å². The van der Waals surface area contributed by atoms with E-state index in [1.54, 1.807) is 11.1 Å². The fraction of sp³-hybridized carbons (Fsp3) is 0.262. The van der Waals surface area contributed by atoms with Crippen molar-refractivity contribution < 1.29 is 4.74 Å². The Balaban J connectivity index is 0.869. The summed E-state index contributed by atoms with van der Waals surface area (Å²) in [5, 5.41) is 4.22. The standard InChI is InChI=1S/C61H54N2O/c1-60(2)50-27-14-13-24-43(50)47-37-53-48(36-52(47)60)46-34-41(28-30-51(46)61(53)32-15-6-16-33-61)42-29-31-54-49(35-42)44-25-17-26-45(59(44)64-54)58-57(40-22-11-5-12-23-40)62-55(38-18-7-3-8-19-38)56(63-58)39-20-9-4-10-21-39/h3-5,7-14,17-22,24-31,34-37,40,44,56-59,63H,6,15-16,23,32-33H2,1-2H3. The first-order valence-electron chi connectivity index (χ1n) is 23.9. The molecule has 5 aliphatic carbocycles. The van der Waals surface area contributed by atoms with Gasteiger partial charge in [0.25, 0.3) is 0 Å². The van der Waals surface area contributed by atoms with E-state index in [0.29, 0.717) is 0 Å². The van der Waals surface area contributed by atoms with Crippen LogP contribution in [0.25, 0.3) is 33.4 Å². The first-order valence-corrected chi connectivity index (χ1v) is 23.9. The van der Waals surface area contributed by atoms with Crippen LogP contribution < -0.4 is 10.1 Å². The van der Waals surface area contributed by atoms with Crippen molar-refractivity contribution in [3.63, 3.8) is 0 Å². The quantitative estimate of drug-likeness (QED) is 0.188. The van der Waals surface area contributed by atoms with E-state index >= 15 is 0 Å². The zero-order chi connectivity index (χ0) is 42.6. The summed E-state index contributed by atoms with van der Waals surface area (Å²) in [6.07, 6.45) is 23.2. The summed E-state index contributed by atoms with van der Waals surface area (Å²) in [7, 11) is 0. The number of benzene rings is 6. The van der Waals surface area contributed by atoms with Gasteiger partial charge < -0.3 is 4.74 Å². The zero-order valence-electron chi connectivity index (χ0n) is 36.8. The smallest absolute Gasteiger partial charge is 0.132 e. The number of allylic oxidation sites excluding steroid dienone is 5. The Morgan fingerprint density at radius 2 is 1.34 bits per heavy atom. The first kappa shape index (κ1) is 38.2. The minimum atomic E-state index is -0.115. The molecule has 6 unspecified atom stereocenters. The summed E-state index contributed by atoms with van der Waals surface area (Å²) in [5.41, 5.74) is 20.4. The third-order valence-electron chi connectivity index (χ3n) is 16.3. The molecule has 314 valence electrons. The molecule has 6 atom stereocenters. The number of fused-ring (bicyclic) bond motifs is 11. The van der Waals surface area contributed by atoms with E-state index in [9.17, 15) is 0 Å². The molecule has 2 aliphatic heterocycles. The second kappa shape index (κ2) is 14.6. The lowest BCUT2D eigenvalue weighted by Gasteiger charge is -2.42. The van der Waals surface area contributed by atoms with Crippen LogP contribution in [-0.2, 0) is 10.8 Å². The summed E-state index contributed by atoms with van der Waals surface area (Å²) in [5.74, 6) is 1.36. The average molecular weight is 831 g/mol. The predicted octanol–water partition coefficient (Wildman–Crippen LogP) is 13.9. The molecule has 1 saturated carbocycles. The number of nitrogens with zero attached hydrogens (tertiary/aromatic N) is 1. The Bertz CT molecular complexity index is 3010. The second-order valence-electron chi connectivity index (χ2n) is 20.0. The maximum atomic E-state index is 7.10. The predicted molar refractivity (Wildman–Crippen MR) is 262 cm³/mol. The number of nitrogens with one attached hydrogen (secondary N) is 1. The molecule has 2 heterocycles. The highest BCUT2D eigenvalue weighted by molar-refractivity contribution is 6.05. The van der Waals surface area contributed by atoms with Gasteiger partial charge in [0.15, 0.2) is 0 Å². The van der Waals surface area contributed by atoms with E-state index in [0.717, 1.165) is 23.4 Å². The van der Waals surface area contributed by atoms with Gasteiger partial charge >= 0.3 is 0 Å². The number of aliphatic imine (C=N–C) groups is 1. The van der Waals surface area contributed by atoms with Gasteiger partial charge in [-0.25, -0.2) is 0 Å². The van der Waals surface area contributed by atoms with Gasteiger partial charge in [0.2, 0.25) is 0 Å². The van der Waals surface area contributed by atoms with Gasteiger partial charge in [-0.15, -0.1) is 0 Å². The van der Waals surface area contributed by atoms with Gasteiger partial charge in [0.05, 0.1) is 23.8 Å². The molecule has 6 aromatic carbocycles. The number of ether oxygens (including phenoxy) is 1. The number of rotatable bonds is 5. The molecule has 6 aromatic rings.